The van der Waals surface area contributed by atoms with Crippen LogP contribution in [0.2, 0.25) is 0 Å². The van der Waals surface area contributed by atoms with Crippen LogP contribution in [0.1, 0.15) is 38.7 Å². The highest BCUT2D eigenvalue weighted by Gasteiger charge is 2.24. The summed E-state index contributed by atoms with van der Waals surface area (Å²) < 4.78 is 5.28. The molecule has 1 aromatic rings. The SMILES string of the molecule is COc1ccc(C#N)c(N2CCCC(C)(C)CC2)c1. The maximum atomic E-state index is 9.27. The molecule has 0 unspecified atom stereocenters. The Balaban J connectivity index is 2.28. The molecular weight excluding hydrogens is 236 g/mol. The van der Waals surface area contributed by atoms with E-state index in [1.165, 1.54) is 12.8 Å². The molecule has 3 nitrogen and oxygen atoms in total. The maximum Gasteiger partial charge on any atom is 0.121 e. The van der Waals surface area contributed by atoms with Crippen molar-refractivity contribution in [2.24, 2.45) is 5.41 Å². The van der Waals surface area contributed by atoms with Gasteiger partial charge in [-0.15, -0.1) is 0 Å². The lowest BCUT2D eigenvalue weighted by Gasteiger charge is -2.26. The topological polar surface area (TPSA) is 36.3 Å². The first-order valence-electron chi connectivity index (χ1n) is 6.89. The number of nitrogens with zero attached hydrogens (tertiary/aromatic N) is 2. The van der Waals surface area contributed by atoms with E-state index in [9.17, 15) is 5.26 Å². The second-order valence-electron chi connectivity index (χ2n) is 6.00. The molecule has 0 bridgehead atoms. The van der Waals surface area contributed by atoms with Gasteiger partial charge in [0.1, 0.15) is 11.8 Å². The lowest BCUT2D eigenvalue weighted by molar-refractivity contribution is 0.325. The number of hydrogen-bond donors (Lipinski definition) is 0. The van der Waals surface area contributed by atoms with Gasteiger partial charge in [-0.1, -0.05) is 13.8 Å². The van der Waals surface area contributed by atoms with E-state index in [4.69, 9.17) is 4.74 Å². The van der Waals surface area contributed by atoms with Gasteiger partial charge in [0.25, 0.3) is 0 Å². The molecule has 1 saturated heterocycles. The van der Waals surface area contributed by atoms with Gasteiger partial charge < -0.3 is 9.64 Å². The van der Waals surface area contributed by atoms with Crippen LogP contribution in [0, 0.1) is 16.7 Å². The Labute approximate surface area is 115 Å². The van der Waals surface area contributed by atoms with Gasteiger partial charge in [-0.05, 0) is 36.8 Å². The van der Waals surface area contributed by atoms with Gasteiger partial charge in [0, 0.05) is 19.2 Å². The minimum atomic E-state index is 0.403. The van der Waals surface area contributed by atoms with E-state index in [2.05, 4.69) is 24.8 Å². The van der Waals surface area contributed by atoms with E-state index in [0.717, 1.165) is 36.5 Å². The fourth-order valence-electron chi connectivity index (χ4n) is 2.66. The summed E-state index contributed by atoms with van der Waals surface area (Å²) in [7, 11) is 1.66. The van der Waals surface area contributed by atoms with E-state index < -0.39 is 0 Å². The molecule has 3 heteroatoms. The smallest absolute Gasteiger partial charge is 0.121 e. The molecule has 1 fully saturated rings. The fourth-order valence-corrected chi connectivity index (χ4v) is 2.66. The molecule has 1 aliphatic heterocycles. The molecule has 0 amide bonds. The molecule has 1 aromatic carbocycles. The maximum absolute atomic E-state index is 9.27. The van der Waals surface area contributed by atoms with Gasteiger partial charge in [0.05, 0.1) is 18.4 Å². The first kappa shape index (κ1) is 13.7. The second-order valence-corrected chi connectivity index (χ2v) is 6.00. The minimum Gasteiger partial charge on any atom is -0.497 e. The summed E-state index contributed by atoms with van der Waals surface area (Å²) >= 11 is 0. The fraction of sp³-hybridized carbons (Fsp3) is 0.562. The summed E-state index contributed by atoms with van der Waals surface area (Å²) in [5.74, 6) is 0.817. The summed E-state index contributed by atoms with van der Waals surface area (Å²) in [5, 5.41) is 9.27. The number of nitriles is 1. The van der Waals surface area contributed by atoms with Crippen LogP contribution in [0.25, 0.3) is 0 Å². The Morgan fingerprint density at radius 2 is 2.05 bits per heavy atom. The molecule has 2 rings (SSSR count). The summed E-state index contributed by atoms with van der Waals surface area (Å²) in [5.41, 5.74) is 2.15. The van der Waals surface area contributed by atoms with Crippen LogP contribution in [-0.4, -0.2) is 20.2 Å². The molecule has 0 aliphatic carbocycles. The van der Waals surface area contributed by atoms with Crippen LogP contribution in [0.15, 0.2) is 18.2 Å². The van der Waals surface area contributed by atoms with Gasteiger partial charge in [0.2, 0.25) is 0 Å². The highest BCUT2D eigenvalue weighted by atomic mass is 16.5. The van der Waals surface area contributed by atoms with Crippen LogP contribution in [0.4, 0.5) is 5.69 Å². The first-order valence-corrected chi connectivity index (χ1v) is 6.89. The first-order chi connectivity index (χ1) is 9.05. The van der Waals surface area contributed by atoms with E-state index >= 15 is 0 Å². The van der Waals surface area contributed by atoms with Gasteiger partial charge in [0.15, 0.2) is 0 Å². The largest absolute Gasteiger partial charge is 0.497 e. The van der Waals surface area contributed by atoms with Crippen molar-refractivity contribution < 1.29 is 4.74 Å². The second kappa shape index (κ2) is 5.52. The summed E-state index contributed by atoms with van der Waals surface area (Å²) in [4.78, 5) is 2.33. The van der Waals surface area contributed by atoms with Crippen LogP contribution in [0.3, 0.4) is 0 Å². The van der Waals surface area contributed by atoms with E-state index in [-0.39, 0.29) is 0 Å². The zero-order chi connectivity index (χ0) is 13.9. The number of rotatable bonds is 2. The van der Waals surface area contributed by atoms with E-state index in [1.54, 1.807) is 7.11 Å². The highest BCUT2D eigenvalue weighted by Crippen LogP contribution is 2.33. The Morgan fingerprint density at radius 3 is 2.74 bits per heavy atom. The van der Waals surface area contributed by atoms with Crippen molar-refractivity contribution in [3.05, 3.63) is 23.8 Å². The van der Waals surface area contributed by atoms with Crippen molar-refractivity contribution in [1.82, 2.24) is 0 Å². The monoisotopic (exact) mass is 258 g/mol. The average Bonchev–Trinajstić information content (AvgIpc) is 2.59. The predicted molar refractivity (Wildman–Crippen MR) is 77.6 cm³/mol. The van der Waals surface area contributed by atoms with E-state index in [0.29, 0.717) is 5.41 Å². The Hall–Kier alpha value is -1.69. The third kappa shape index (κ3) is 3.20. The molecule has 102 valence electrons. The quantitative estimate of drug-likeness (QED) is 0.813. The molecule has 1 heterocycles. The van der Waals surface area contributed by atoms with Crippen LogP contribution >= 0.6 is 0 Å². The lowest BCUT2D eigenvalue weighted by Crippen LogP contribution is -2.25. The molecule has 1 aliphatic rings. The van der Waals surface area contributed by atoms with Crippen molar-refractivity contribution in [1.29, 1.82) is 5.26 Å². The third-order valence-electron chi connectivity index (χ3n) is 4.01. The molecule has 0 atom stereocenters. The lowest BCUT2D eigenvalue weighted by atomic mass is 9.85. The van der Waals surface area contributed by atoms with Gasteiger partial charge >= 0.3 is 0 Å². The number of hydrogen-bond acceptors (Lipinski definition) is 3. The van der Waals surface area contributed by atoms with E-state index in [1.807, 2.05) is 18.2 Å². The number of ether oxygens (including phenoxy) is 1. The Bertz CT molecular complexity index is 488. The minimum absolute atomic E-state index is 0.403. The van der Waals surface area contributed by atoms with Crippen molar-refractivity contribution in [2.75, 3.05) is 25.1 Å². The molecule has 0 N–H and O–H groups in total. The van der Waals surface area contributed by atoms with Gasteiger partial charge in [-0.3, -0.25) is 0 Å². The zero-order valence-electron chi connectivity index (χ0n) is 12.1. The summed E-state index contributed by atoms with van der Waals surface area (Å²) in [6, 6.07) is 7.97. The average molecular weight is 258 g/mol. The van der Waals surface area contributed by atoms with Crippen LogP contribution < -0.4 is 9.64 Å². The van der Waals surface area contributed by atoms with Gasteiger partial charge in [-0.25, -0.2) is 0 Å². The molecule has 0 radical (unpaired) electrons. The molecular formula is C16H22N2O. The number of benzene rings is 1. The molecule has 19 heavy (non-hydrogen) atoms. The summed E-state index contributed by atoms with van der Waals surface area (Å²) in [6.07, 6.45) is 3.58. The van der Waals surface area contributed by atoms with Crippen molar-refractivity contribution in [3.63, 3.8) is 0 Å². The Morgan fingerprint density at radius 1 is 1.26 bits per heavy atom. The highest BCUT2D eigenvalue weighted by molar-refractivity contribution is 5.62. The molecule has 0 aromatic heterocycles. The number of methoxy groups -OCH3 is 1. The Kier molecular flexibility index (Phi) is 3.99. The van der Waals surface area contributed by atoms with Crippen molar-refractivity contribution in [3.8, 4) is 11.8 Å². The van der Waals surface area contributed by atoms with Crippen LogP contribution in [-0.2, 0) is 0 Å². The third-order valence-corrected chi connectivity index (χ3v) is 4.01. The standard InChI is InChI=1S/C16H22N2O/c1-16(2)7-4-9-18(10-8-16)15-11-14(19-3)6-5-13(15)12-17/h5-6,11H,4,7-10H2,1-3H3. The zero-order valence-corrected chi connectivity index (χ0v) is 12.1. The summed E-state index contributed by atoms with van der Waals surface area (Å²) in [6.45, 7) is 6.68. The number of anilines is 1. The molecule has 0 saturated carbocycles. The van der Waals surface area contributed by atoms with Crippen molar-refractivity contribution >= 4 is 5.69 Å². The normalized spacial score (nSPS) is 18.5. The molecule has 0 spiro atoms. The van der Waals surface area contributed by atoms with Crippen molar-refractivity contribution in [2.45, 2.75) is 33.1 Å². The van der Waals surface area contributed by atoms with Crippen LogP contribution in [0.5, 0.6) is 5.75 Å². The predicted octanol–water partition coefficient (Wildman–Crippen LogP) is 3.58. The van der Waals surface area contributed by atoms with Gasteiger partial charge in [-0.2, -0.15) is 5.26 Å².